The zero-order valence-corrected chi connectivity index (χ0v) is 13.7. The Morgan fingerprint density at radius 3 is 2.75 bits per heavy atom. The number of amides is 2. The summed E-state index contributed by atoms with van der Waals surface area (Å²) in [5, 5.41) is 5.43. The van der Waals surface area contributed by atoms with Gasteiger partial charge in [0.05, 0.1) is 18.5 Å². The van der Waals surface area contributed by atoms with Crippen molar-refractivity contribution in [3.05, 3.63) is 48.0 Å². The summed E-state index contributed by atoms with van der Waals surface area (Å²) in [5.74, 6) is -0.136. The van der Waals surface area contributed by atoms with Crippen molar-refractivity contribution in [2.24, 2.45) is 0 Å². The van der Waals surface area contributed by atoms with Gasteiger partial charge in [-0.15, -0.1) is 0 Å². The van der Waals surface area contributed by atoms with Crippen molar-refractivity contribution < 1.29 is 19.1 Å². The molecule has 0 aromatic heterocycles. The van der Waals surface area contributed by atoms with Gasteiger partial charge < -0.3 is 20.1 Å². The average Bonchev–Trinajstić information content (AvgIpc) is 2.56. The Labute approximate surface area is 139 Å². The van der Waals surface area contributed by atoms with Crippen LogP contribution in [0.2, 0.25) is 0 Å². The van der Waals surface area contributed by atoms with Crippen LogP contribution in [0.25, 0.3) is 0 Å². The van der Waals surface area contributed by atoms with E-state index in [4.69, 9.17) is 9.47 Å². The number of benzene rings is 2. The maximum absolute atomic E-state index is 12.7. The number of methoxy groups -OCH3 is 1. The molecular weight excluding hydrogens is 308 g/mol. The number of hydrogen-bond donors (Lipinski definition) is 2. The van der Waals surface area contributed by atoms with E-state index in [9.17, 15) is 9.59 Å². The van der Waals surface area contributed by atoms with Crippen molar-refractivity contribution in [3.8, 4) is 11.5 Å². The third-order valence-corrected chi connectivity index (χ3v) is 3.92. The summed E-state index contributed by atoms with van der Waals surface area (Å²) in [5.41, 5.74) is 0.336. The molecule has 6 heteroatoms. The predicted octanol–water partition coefficient (Wildman–Crippen LogP) is 2.73. The lowest BCUT2D eigenvalue weighted by Crippen LogP contribution is -2.56. The molecule has 1 aliphatic heterocycles. The van der Waals surface area contributed by atoms with Gasteiger partial charge in [-0.05, 0) is 43.7 Å². The quantitative estimate of drug-likeness (QED) is 0.850. The summed E-state index contributed by atoms with van der Waals surface area (Å²) < 4.78 is 10.9. The Morgan fingerprint density at radius 1 is 1.25 bits per heavy atom. The molecule has 0 bridgehead atoms. The van der Waals surface area contributed by atoms with Crippen molar-refractivity contribution in [2.75, 3.05) is 17.7 Å². The molecule has 3 rings (SSSR count). The number of fused-ring (bicyclic) bond motifs is 1. The van der Waals surface area contributed by atoms with Crippen LogP contribution in [0.1, 0.15) is 12.5 Å². The lowest BCUT2D eigenvalue weighted by Gasteiger charge is -2.33. The van der Waals surface area contributed by atoms with Crippen LogP contribution >= 0.6 is 0 Å². The number of carbonyl (C=O) groups is 2. The number of nitrogens with one attached hydrogen (secondary N) is 2. The fraction of sp³-hybridized carbons (Fsp3) is 0.222. The Morgan fingerprint density at radius 2 is 2.00 bits per heavy atom. The number of ether oxygens (including phenoxy) is 2. The molecule has 1 unspecified atom stereocenters. The number of carbonyl (C=O) groups excluding carboxylic acids is 2. The second-order valence-corrected chi connectivity index (χ2v) is 5.74. The van der Waals surface area contributed by atoms with E-state index in [0.29, 0.717) is 22.9 Å². The first-order valence-electron chi connectivity index (χ1n) is 7.49. The van der Waals surface area contributed by atoms with Gasteiger partial charge in [0.2, 0.25) is 0 Å². The second kappa shape index (κ2) is 5.88. The Balaban J connectivity index is 1.89. The maximum Gasteiger partial charge on any atom is 0.278 e. The molecule has 0 spiro atoms. The van der Waals surface area contributed by atoms with Crippen LogP contribution in [0, 0.1) is 6.92 Å². The van der Waals surface area contributed by atoms with Crippen molar-refractivity contribution in [1.82, 2.24) is 0 Å². The van der Waals surface area contributed by atoms with E-state index in [1.807, 2.05) is 13.0 Å². The van der Waals surface area contributed by atoms with E-state index in [-0.39, 0.29) is 0 Å². The summed E-state index contributed by atoms with van der Waals surface area (Å²) in [6.45, 7) is 3.35. The summed E-state index contributed by atoms with van der Waals surface area (Å²) in [6.07, 6.45) is 0. The standard InChI is InChI=1S/C18H18N2O4/c1-11-8-9-15-13(10-11)20-17(22)18(2,24-15)16(21)19-12-6-4-5-7-14(12)23-3/h4-10H,1-3H3,(H,19,21)(H,20,22). The number of hydrogen-bond acceptors (Lipinski definition) is 4. The van der Waals surface area contributed by atoms with Gasteiger partial charge >= 0.3 is 0 Å². The van der Waals surface area contributed by atoms with Crippen molar-refractivity contribution in [2.45, 2.75) is 19.4 Å². The topological polar surface area (TPSA) is 76.7 Å². The lowest BCUT2D eigenvalue weighted by atomic mass is 10.0. The highest BCUT2D eigenvalue weighted by Crippen LogP contribution is 2.35. The molecule has 1 heterocycles. The molecule has 2 N–H and O–H groups in total. The van der Waals surface area contributed by atoms with Gasteiger partial charge in [-0.25, -0.2) is 0 Å². The Bertz CT molecular complexity index is 818. The van der Waals surface area contributed by atoms with Gasteiger partial charge in [-0.3, -0.25) is 9.59 Å². The monoisotopic (exact) mass is 326 g/mol. The van der Waals surface area contributed by atoms with Gasteiger partial charge in [0.15, 0.2) is 0 Å². The summed E-state index contributed by atoms with van der Waals surface area (Å²) >= 11 is 0. The summed E-state index contributed by atoms with van der Waals surface area (Å²) in [4.78, 5) is 25.1. The first-order chi connectivity index (χ1) is 11.4. The number of anilines is 2. The van der Waals surface area contributed by atoms with Gasteiger partial charge in [0, 0.05) is 0 Å². The van der Waals surface area contributed by atoms with Gasteiger partial charge in [-0.2, -0.15) is 0 Å². The fourth-order valence-corrected chi connectivity index (χ4v) is 2.48. The van der Waals surface area contributed by atoms with Crippen LogP contribution in [0.5, 0.6) is 11.5 Å². The molecule has 24 heavy (non-hydrogen) atoms. The lowest BCUT2D eigenvalue weighted by molar-refractivity contribution is -0.143. The zero-order valence-electron chi connectivity index (χ0n) is 13.7. The minimum Gasteiger partial charge on any atom is -0.495 e. The van der Waals surface area contributed by atoms with Crippen LogP contribution < -0.4 is 20.1 Å². The molecule has 1 aliphatic rings. The number of rotatable bonds is 3. The zero-order chi connectivity index (χ0) is 17.3. The molecule has 1 atom stereocenters. The number of aryl methyl sites for hydroxylation is 1. The first-order valence-corrected chi connectivity index (χ1v) is 7.49. The molecule has 0 radical (unpaired) electrons. The molecule has 0 fully saturated rings. The van der Waals surface area contributed by atoms with Crippen LogP contribution in [-0.2, 0) is 9.59 Å². The normalized spacial score (nSPS) is 18.9. The fourth-order valence-electron chi connectivity index (χ4n) is 2.48. The summed E-state index contributed by atoms with van der Waals surface area (Å²) in [7, 11) is 1.51. The van der Waals surface area contributed by atoms with Crippen LogP contribution in [0.3, 0.4) is 0 Å². The van der Waals surface area contributed by atoms with Crippen LogP contribution in [-0.4, -0.2) is 24.5 Å². The molecule has 6 nitrogen and oxygen atoms in total. The minimum absolute atomic E-state index is 0.456. The van der Waals surface area contributed by atoms with E-state index in [0.717, 1.165) is 5.56 Å². The van der Waals surface area contributed by atoms with Crippen LogP contribution in [0.15, 0.2) is 42.5 Å². The van der Waals surface area contributed by atoms with Gasteiger partial charge in [0.25, 0.3) is 17.4 Å². The van der Waals surface area contributed by atoms with Gasteiger partial charge in [-0.1, -0.05) is 18.2 Å². The van der Waals surface area contributed by atoms with Crippen molar-refractivity contribution in [1.29, 1.82) is 0 Å². The molecular formula is C18H18N2O4. The third-order valence-electron chi connectivity index (χ3n) is 3.92. The maximum atomic E-state index is 12.7. The molecule has 2 aromatic rings. The second-order valence-electron chi connectivity index (χ2n) is 5.74. The molecule has 0 saturated heterocycles. The van der Waals surface area contributed by atoms with E-state index in [1.54, 1.807) is 36.4 Å². The predicted molar refractivity (Wildman–Crippen MR) is 90.5 cm³/mol. The SMILES string of the molecule is COc1ccccc1NC(=O)C1(C)Oc2ccc(C)cc2NC1=O. The smallest absolute Gasteiger partial charge is 0.278 e. The average molecular weight is 326 g/mol. The Kier molecular flexibility index (Phi) is 3.89. The molecule has 2 amide bonds. The third kappa shape index (κ3) is 2.67. The van der Waals surface area contributed by atoms with E-state index in [1.165, 1.54) is 14.0 Å². The van der Waals surface area contributed by atoms with Crippen molar-refractivity contribution in [3.63, 3.8) is 0 Å². The van der Waals surface area contributed by atoms with Crippen LogP contribution in [0.4, 0.5) is 11.4 Å². The van der Waals surface area contributed by atoms with E-state index in [2.05, 4.69) is 10.6 Å². The Hall–Kier alpha value is -3.02. The van der Waals surface area contributed by atoms with Gasteiger partial charge in [0.1, 0.15) is 11.5 Å². The highest BCUT2D eigenvalue weighted by Gasteiger charge is 2.47. The molecule has 2 aromatic carbocycles. The first kappa shape index (κ1) is 15.9. The molecule has 0 saturated carbocycles. The number of para-hydroxylation sites is 2. The summed E-state index contributed by atoms with van der Waals surface area (Å²) in [6, 6.07) is 12.4. The molecule has 124 valence electrons. The van der Waals surface area contributed by atoms with Crippen molar-refractivity contribution >= 4 is 23.2 Å². The minimum atomic E-state index is -1.68. The van der Waals surface area contributed by atoms with E-state index >= 15 is 0 Å². The highest BCUT2D eigenvalue weighted by molar-refractivity contribution is 6.19. The largest absolute Gasteiger partial charge is 0.495 e. The molecule has 0 aliphatic carbocycles. The highest BCUT2D eigenvalue weighted by atomic mass is 16.5. The van der Waals surface area contributed by atoms with E-state index < -0.39 is 17.4 Å².